The maximum Gasteiger partial charge on any atom is 0.285 e. The molecule has 0 aliphatic rings. The number of rotatable bonds is 6. The van der Waals surface area contributed by atoms with Crippen LogP contribution in [0.1, 0.15) is 18.2 Å². The van der Waals surface area contributed by atoms with E-state index in [0.29, 0.717) is 5.56 Å². The molecule has 22 heavy (non-hydrogen) atoms. The fourth-order valence-corrected chi connectivity index (χ4v) is 1.89. The van der Waals surface area contributed by atoms with Crippen molar-refractivity contribution in [3.8, 4) is 5.88 Å². The largest absolute Gasteiger partial charge is 0.469 e. The van der Waals surface area contributed by atoms with Crippen molar-refractivity contribution < 1.29 is 19.0 Å². The molecule has 0 bridgehead atoms. The van der Waals surface area contributed by atoms with E-state index in [1.165, 1.54) is 18.2 Å². The van der Waals surface area contributed by atoms with Crippen LogP contribution < -0.4 is 10.5 Å². The lowest BCUT2D eigenvalue weighted by molar-refractivity contribution is 0.201. The topological polar surface area (TPSA) is 107 Å². The number of halogens is 2. The molecule has 0 amide bonds. The number of hydrogen-bond donors (Lipinski definition) is 2. The summed E-state index contributed by atoms with van der Waals surface area (Å²) in [6, 6.07) is 4.17. The molecule has 9 heteroatoms. The molecule has 2 aromatic rings. The van der Waals surface area contributed by atoms with Gasteiger partial charge in [0.25, 0.3) is 5.88 Å². The van der Waals surface area contributed by atoms with E-state index in [4.69, 9.17) is 22.1 Å². The fraction of sp³-hybridized carbons (Fsp3) is 0.308. The Hall–Kier alpha value is -2.19. The highest BCUT2D eigenvalue weighted by Crippen LogP contribution is 2.20. The molecule has 1 unspecified atom stereocenters. The highest BCUT2D eigenvalue weighted by atomic mass is 35.5. The third-order valence-electron chi connectivity index (χ3n) is 2.85. The maximum atomic E-state index is 13.2. The van der Waals surface area contributed by atoms with E-state index in [0.717, 1.165) is 0 Å². The molecule has 1 atom stereocenters. The predicted molar refractivity (Wildman–Crippen MR) is 76.9 cm³/mol. The standard InChI is InChI=1S/C13H14ClFN4O3/c1-7(6-16)21-13-12(18-22-19-13)11(17-20)5-8-2-3-10(15)9(14)4-8/h2-4,7,20H,5-6,16H2,1H3. The predicted octanol–water partition coefficient (Wildman–Crippen LogP) is 2.01. The summed E-state index contributed by atoms with van der Waals surface area (Å²) < 4.78 is 23.2. The molecule has 0 aliphatic heterocycles. The number of oxime groups is 1. The van der Waals surface area contributed by atoms with Crippen molar-refractivity contribution in [2.45, 2.75) is 19.4 Å². The van der Waals surface area contributed by atoms with E-state index < -0.39 is 5.82 Å². The van der Waals surface area contributed by atoms with Crippen LogP contribution in [0.4, 0.5) is 4.39 Å². The molecule has 3 N–H and O–H groups in total. The maximum absolute atomic E-state index is 13.2. The van der Waals surface area contributed by atoms with Gasteiger partial charge < -0.3 is 15.7 Å². The summed E-state index contributed by atoms with van der Waals surface area (Å²) in [7, 11) is 0. The Morgan fingerprint density at radius 3 is 2.95 bits per heavy atom. The van der Waals surface area contributed by atoms with Gasteiger partial charge in [-0.1, -0.05) is 22.8 Å². The number of benzene rings is 1. The van der Waals surface area contributed by atoms with Crippen LogP contribution in [0.25, 0.3) is 0 Å². The lowest BCUT2D eigenvalue weighted by Gasteiger charge is -2.10. The lowest BCUT2D eigenvalue weighted by atomic mass is 10.1. The number of nitrogens with two attached hydrogens (primary N) is 1. The van der Waals surface area contributed by atoms with Gasteiger partial charge in [-0.25, -0.2) is 9.02 Å². The molecule has 1 heterocycles. The molecular formula is C13H14ClFN4O3. The zero-order valence-corrected chi connectivity index (χ0v) is 12.4. The van der Waals surface area contributed by atoms with Crippen LogP contribution in [0, 0.1) is 5.82 Å². The minimum atomic E-state index is -0.531. The van der Waals surface area contributed by atoms with Crippen molar-refractivity contribution in [3.63, 3.8) is 0 Å². The van der Waals surface area contributed by atoms with Gasteiger partial charge in [0.05, 0.1) is 5.02 Å². The molecule has 0 aliphatic carbocycles. The van der Waals surface area contributed by atoms with Gasteiger partial charge in [0.2, 0.25) is 0 Å². The molecule has 1 aromatic heterocycles. The van der Waals surface area contributed by atoms with E-state index >= 15 is 0 Å². The van der Waals surface area contributed by atoms with Crippen molar-refractivity contribution in [3.05, 3.63) is 40.3 Å². The van der Waals surface area contributed by atoms with Crippen LogP contribution >= 0.6 is 11.6 Å². The average Bonchev–Trinajstić information content (AvgIpc) is 2.96. The Morgan fingerprint density at radius 1 is 1.55 bits per heavy atom. The van der Waals surface area contributed by atoms with Crippen molar-refractivity contribution in [2.75, 3.05) is 6.54 Å². The van der Waals surface area contributed by atoms with E-state index in [1.807, 2.05) is 0 Å². The lowest BCUT2D eigenvalue weighted by Crippen LogP contribution is -2.24. The zero-order valence-electron chi connectivity index (χ0n) is 11.7. The first kappa shape index (κ1) is 16.2. The first-order valence-electron chi connectivity index (χ1n) is 6.39. The van der Waals surface area contributed by atoms with Crippen molar-refractivity contribution >= 4 is 17.3 Å². The second kappa shape index (κ2) is 7.19. The van der Waals surface area contributed by atoms with Crippen LogP contribution in [0.15, 0.2) is 28.0 Å². The Balaban J connectivity index is 2.22. The third-order valence-corrected chi connectivity index (χ3v) is 3.14. The molecule has 7 nitrogen and oxygen atoms in total. The number of ether oxygens (including phenoxy) is 1. The van der Waals surface area contributed by atoms with Crippen LogP contribution in [0.5, 0.6) is 5.88 Å². The number of nitrogens with zero attached hydrogens (tertiary/aromatic N) is 3. The van der Waals surface area contributed by atoms with Crippen LogP contribution in [0.2, 0.25) is 5.02 Å². The first-order valence-corrected chi connectivity index (χ1v) is 6.77. The molecule has 0 radical (unpaired) electrons. The normalized spacial score (nSPS) is 13.2. The first-order chi connectivity index (χ1) is 10.5. The molecule has 0 spiro atoms. The average molecular weight is 329 g/mol. The summed E-state index contributed by atoms with van der Waals surface area (Å²) in [4.78, 5) is 0. The quantitative estimate of drug-likeness (QED) is 0.477. The molecule has 0 saturated carbocycles. The van der Waals surface area contributed by atoms with Gasteiger partial charge in [0.1, 0.15) is 17.6 Å². The molecule has 0 saturated heterocycles. The molecule has 118 valence electrons. The summed E-state index contributed by atoms with van der Waals surface area (Å²) in [5.41, 5.74) is 6.38. The zero-order chi connectivity index (χ0) is 16.1. The second-order valence-electron chi connectivity index (χ2n) is 4.55. The highest BCUT2D eigenvalue weighted by molar-refractivity contribution is 6.30. The number of hydrogen-bond acceptors (Lipinski definition) is 7. The molecular weight excluding hydrogens is 315 g/mol. The summed E-state index contributed by atoms with van der Waals surface area (Å²) >= 11 is 5.72. The summed E-state index contributed by atoms with van der Waals surface area (Å²) in [6.07, 6.45) is -0.177. The molecule has 1 aromatic carbocycles. The Bertz CT molecular complexity index is 677. The van der Waals surface area contributed by atoms with E-state index in [-0.39, 0.29) is 41.4 Å². The van der Waals surface area contributed by atoms with E-state index in [1.54, 1.807) is 6.92 Å². The summed E-state index contributed by atoms with van der Waals surface area (Å²) in [6.45, 7) is 2.01. The van der Waals surface area contributed by atoms with Crippen LogP contribution in [-0.2, 0) is 6.42 Å². The Labute approximate surface area is 130 Å². The smallest absolute Gasteiger partial charge is 0.285 e. The van der Waals surface area contributed by atoms with Gasteiger partial charge in [-0.2, -0.15) is 0 Å². The Morgan fingerprint density at radius 2 is 2.32 bits per heavy atom. The van der Waals surface area contributed by atoms with Crippen molar-refractivity contribution in [1.82, 2.24) is 10.3 Å². The van der Waals surface area contributed by atoms with Gasteiger partial charge in [-0.05, 0) is 34.9 Å². The van der Waals surface area contributed by atoms with Gasteiger partial charge >= 0.3 is 0 Å². The SMILES string of the molecule is CC(CN)Oc1nonc1C(Cc1ccc(F)c(Cl)c1)=NO. The van der Waals surface area contributed by atoms with Gasteiger partial charge in [0, 0.05) is 13.0 Å². The van der Waals surface area contributed by atoms with Gasteiger partial charge in [-0.15, -0.1) is 0 Å². The molecule has 2 rings (SSSR count). The van der Waals surface area contributed by atoms with Crippen LogP contribution in [-0.4, -0.2) is 33.9 Å². The third kappa shape index (κ3) is 3.71. The number of aromatic nitrogens is 2. The second-order valence-corrected chi connectivity index (χ2v) is 4.96. The van der Waals surface area contributed by atoms with Crippen molar-refractivity contribution in [2.24, 2.45) is 10.9 Å². The van der Waals surface area contributed by atoms with E-state index in [9.17, 15) is 9.60 Å². The highest BCUT2D eigenvalue weighted by Gasteiger charge is 2.21. The Kier molecular flexibility index (Phi) is 5.29. The van der Waals surface area contributed by atoms with Gasteiger partial charge in [-0.3, -0.25) is 0 Å². The minimum Gasteiger partial charge on any atom is -0.469 e. The fourth-order valence-electron chi connectivity index (χ4n) is 1.68. The monoisotopic (exact) mass is 328 g/mol. The minimum absolute atomic E-state index is 0.0266. The van der Waals surface area contributed by atoms with Crippen LogP contribution in [0.3, 0.4) is 0 Å². The molecule has 0 fully saturated rings. The summed E-state index contributed by atoms with van der Waals surface area (Å²) in [5, 5.41) is 19.6. The van der Waals surface area contributed by atoms with Crippen molar-refractivity contribution in [1.29, 1.82) is 0 Å². The summed E-state index contributed by atoms with van der Waals surface area (Å²) in [5.74, 6) is -0.462. The van der Waals surface area contributed by atoms with E-state index in [2.05, 4.69) is 20.1 Å². The van der Waals surface area contributed by atoms with Gasteiger partial charge in [0.15, 0.2) is 5.69 Å².